The van der Waals surface area contributed by atoms with Crippen molar-refractivity contribution in [2.45, 2.75) is 33.6 Å². The molecule has 1 amide bonds. The molecule has 208 valence electrons. The van der Waals surface area contributed by atoms with Crippen molar-refractivity contribution in [3.8, 4) is 11.5 Å². The minimum absolute atomic E-state index is 0.0386. The van der Waals surface area contributed by atoms with E-state index in [2.05, 4.69) is 14.8 Å². The second-order valence-corrected chi connectivity index (χ2v) is 9.12. The Morgan fingerprint density at radius 1 is 1.13 bits per heavy atom. The molecule has 0 atom stereocenters. The molecular weight excluding hydrogens is 568 g/mol. The van der Waals surface area contributed by atoms with E-state index in [9.17, 15) is 31.9 Å². The molecule has 0 fully saturated rings. The standard InChI is InChI=1S/C25H21ClF4N2O6S/c1-3-36-22(34)11-21-32(12-20(33)31-17-6-4-5-16(26)13(17)2)23(35)19(39-21)9-14-7-8-15(37-24(27)28)10-18(14)38-25(29)30/h4-11,24-25H,3,12H2,1-2H3,(H,31,33)/b19-9+,21-11-. The molecule has 39 heavy (non-hydrogen) atoms. The third kappa shape index (κ3) is 8.07. The van der Waals surface area contributed by atoms with Crippen LogP contribution in [0, 0.1) is 6.92 Å². The number of halogens is 5. The maximum atomic E-state index is 13.2. The first-order valence-electron chi connectivity index (χ1n) is 11.2. The lowest BCUT2D eigenvalue weighted by Gasteiger charge is -2.11. The molecule has 0 unspecified atom stereocenters. The van der Waals surface area contributed by atoms with Gasteiger partial charge in [-0.2, -0.15) is 17.6 Å². The van der Waals surface area contributed by atoms with E-state index in [1.807, 2.05) is 0 Å². The number of aromatic nitrogens is 1. The maximum absolute atomic E-state index is 13.2. The fourth-order valence-corrected chi connectivity index (χ4v) is 4.50. The number of thiazole rings is 1. The third-order valence-corrected chi connectivity index (χ3v) is 6.49. The zero-order chi connectivity index (χ0) is 28.7. The van der Waals surface area contributed by atoms with Crippen LogP contribution in [0.4, 0.5) is 23.2 Å². The molecule has 0 radical (unpaired) electrons. The highest BCUT2D eigenvalue weighted by atomic mass is 35.5. The summed E-state index contributed by atoms with van der Waals surface area (Å²) in [7, 11) is 0. The quantitative estimate of drug-likeness (QED) is 0.285. The van der Waals surface area contributed by atoms with Gasteiger partial charge in [-0.1, -0.05) is 17.7 Å². The number of benzene rings is 2. The highest BCUT2D eigenvalue weighted by molar-refractivity contribution is 7.07. The van der Waals surface area contributed by atoms with Crippen LogP contribution in [0.25, 0.3) is 12.2 Å². The lowest BCUT2D eigenvalue weighted by molar-refractivity contribution is -0.135. The summed E-state index contributed by atoms with van der Waals surface area (Å²) in [6.45, 7) is -3.68. The smallest absolute Gasteiger partial charge is 0.387 e. The summed E-state index contributed by atoms with van der Waals surface area (Å²) in [5, 5.41) is 3.06. The van der Waals surface area contributed by atoms with Crippen molar-refractivity contribution in [3.05, 3.63) is 72.1 Å². The summed E-state index contributed by atoms with van der Waals surface area (Å²) in [5.74, 6) is -2.36. The molecule has 1 heterocycles. The predicted octanol–water partition coefficient (Wildman–Crippen LogP) is 3.89. The first-order chi connectivity index (χ1) is 18.5. The number of nitrogens with one attached hydrogen (secondary N) is 1. The Morgan fingerprint density at radius 3 is 2.51 bits per heavy atom. The lowest BCUT2D eigenvalue weighted by atomic mass is 10.2. The average molecular weight is 589 g/mol. The Balaban J connectivity index is 2.08. The van der Waals surface area contributed by atoms with Crippen LogP contribution in [0.15, 0.2) is 41.2 Å². The van der Waals surface area contributed by atoms with Crippen molar-refractivity contribution in [1.29, 1.82) is 0 Å². The first-order valence-corrected chi connectivity index (χ1v) is 12.4. The van der Waals surface area contributed by atoms with Crippen molar-refractivity contribution in [2.75, 3.05) is 11.9 Å². The van der Waals surface area contributed by atoms with Crippen molar-refractivity contribution in [2.24, 2.45) is 0 Å². The predicted molar refractivity (Wildman–Crippen MR) is 137 cm³/mol. The summed E-state index contributed by atoms with van der Waals surface area (Å²) >= 11 is 6.86. The van der Waals surface area contributed by atoms with Gasteiger partial charge in [0.2, 0.25) is 5.91 Å². The molecule has 2 aromatic carbocycles. The van der Waals surface area contributed by atoms with Gasteiger partial charge in [0, 0.05) is 22.3 Å². The molecule has 0 saturated heterocycles. The molecule has 0 aliphatic rings. The molecule has 0 bridgehead atoms. The van der Waals surface area contributed by atoms with Gasteiger partial charge in [0.15, 0.2) is 0 Å². The van der Waals surface area contributed by atoms with E-state index in [1.54, 1.807) is 32.0 Å². The highest BCUT2D eigenvalue weighted by Gasteiger charge is 2.16. The zero-order valence-corrected chi connectivity index (χ0v) is 22.0. The highest BCUT2D eigenvalue weighted by Crippen LogP contribution is 2.28. The number of hydrogen-bond donors (Lipinski definition) is 1. The summed E-state index contributed by atoms with van der Waals surface area (Å²) in [6, 6.07) is 7.93. The van der Waals surface area contributed by atoms with Crippen LogP contribution in [-0.2, 0) is 20.9 Å². The number of alkyl halides is 4. The molecule has 8 nitrogen and oxygen atoms in total. The normalized spacial score (nSPS) is 12.2. The van der Waals surface area contributed by atoms with Crippen molar-refractivity contribution in [1.82, 2.24) is 4.57 Å². The van der Waals surface area contributed by atoms with E-state index < -0.39 is 48.7 Å². The number of carbonyl (C=O) groups excluding carboxylic acids is 2. The van der Waals surface area contributed by atoms with Crippen LogP contribution in [-0.4, -0.2) is 36.3 Å². The molecule has 3 aromatic rings. The second-order valence-electron chi connectivity index (χ2n) is 7.65. The van der Waals surface area contributed by atoms with Gasteiger partial charge in [0.1, 0.15) is 22.7 Å². The number of rotatable bonds is 10. The van der Waals surface area contributed by atoms with E-state index in [-0.39, 0.29) is 21.4 Å². The van der Waals surface area contributed by atoms with Crippen molar-refractivity contribution < 1.29 is 41.4 Å². The van der Waals surface area contributed by atoms with Crippen LogP contribution in [0.3, 0.4) is 0 Å². The van der Waals surface area contributed by atoms with Gasteiger partial charge in [0.25, 0.3) is 5.56 Å². The summed E-state index contributed by atoms with van der Waals surface area (Å²) in [5.41, 5.74) is 0.218. The van der Waals surface area contributed by atoms with Crippen LogP contribution in [0.1, 0.15) is 18.1 Å². The molecule has 1 aromatic heterocycles. The van der Waals surface area contributed by atoms with Gasteiger partial charge >= 0.3 is 19.2 Å². The van der Waals surface area contributed by atoms with Crippen LogP contribution >= 0.6 is 22.9 Å². The maximum Gasteiger partial charge on any atom is 0.387 e. The summed E-state index contributed by atoms with van der Waals surface area (Å²) in [6.07, 6.45) is 2.18. The van der Waals surface area contributed by atoms with E-state index in [4.69, 9.17) is 16.3 Å². The number of amides is 1. The number of carbonyl (C=O) groups is 2. The van der Waals surface area contributed by atoms with Crippen LogP contribution in [0.2, 0.25) is 5.02 Å². The Hall–Kier alpha value is -3.84. The summed E-state index contributed by atoms with van der Waals surface area (Å²) in [4.78, 5) is 38.2. The Morgan fingerprint density at radius 2 is 1.85 bits per heavy atom. The van der Waals surface area contributed by atoms with Gasteiger partial charge in [-0.25, -0.2) is 4.79 Å². The number of nitrogens with zero attached hydrogens (tertiary/aromatic N) is 1. The van der Waals surface area contributed by atoms with E-state index in [0.717, 1.165) is 46.3 Å². The number of hydrogen-bond acceptors (Lipinski definition) is 7. The second kappa shape index (κ2) is 13.3. The minimum Gasteiger partial charge on any atom is -0.463 e. The molecule has 0 aliphatic carbocycles. The number of anilines is 1. The minimum atomic E-state index is -3.30. The van der Waals surface area contributed by atoms with Crippen molar-refractivity contribution >= 4 is 52.7 Å². The fourth-order valence-electron chi connectivity index (χ4n) is 3.30. The van der Waals surface area contributed by atoms with Gasteiger partial charge in [-0.05, 0) is 49.8 Å². The first kappa shape index (κ1) is 29.7. The fraction of sp³-hybridized carbons (Fsp3) is 0.240. The third-order valence-electron chi connectivity index (χ3n) is 5.02. The van der Waals surface area contributed by atoms with E-state index >= 15 is 0 Å². The molecule has 1 N–H and O–H groups in total. The SMILES string of the molecule is CCOC(=O)/C=c1\s/c(=C/c2ccc(OC(F)F)cc2OC(F)F)c(=O)n1CC(=O)Nc1cccc(Cl)c1C. The van der Waals surface area contributed by atoms with Gasteiger partial charge in [-0.15, -0.1) is 11.3 Å². The molecule has 3 rings (SSSR count). The van der Waals surface area contributed by atoms with Crippen LogP contribution < -0.4 is 29.5 Å². The molecular formula is C25H21ClF4N2O6S. The topological polar surface area (TPSA) is 95.9 Å². The van der Waals surface area contributed by atoms with Gasteiger partial charge in [-0.3, -0.25) is 14.2 Å². The van der Waals surface area contributed by atoms with Gasteiger partial charge in [0.05, 0.1) is 17.2 Å². The lowest BCUT2D eigenvalue weighted by Crippen LogP contribution is -2.36. The number of esters is 1. The Labute approximate surface area is 227 Å². The zero-order valence-electron chi connectivity index (χ0n) is 20.4. The van der Waals surface area contributed by atoms with E-state index in [0.29, 0.717) is 16.3 Å². The molecule has 14 heteroatoms. The average Bonchev–Trinajstić information content (AvgIpc) is 3.11. The number of ether oxygens (including phenoxy) is 3. The van der Waals surface area contributed by atoms with Crippen LogP contribution in [0.5, 0.6) is 11.5 Å². The monoisotopic (exact) mass is 588 g/mol. The summed E-state index contributed by atoms with van der Waals surface area (Å²) < 4.78 is 65.6. The van der Waals surface area contributed by atoms with Gasteiger partial charge < -0.3 is 19.5 Å². The largest absolute Gasteiger partial charge is 0.463 e. The Kier molecular flexibility index (Phi) is 10.1. The molecule has 0 spiro atoms. The molecule has 0 aliphatic heterocycles. The molecule has 0 saturated carbocycles. The Bertz CT molecular complexity index is 1540. The van der Waals surface area contributed by atoms with Crippen molar-refractivity contribution in [3.63, 3.8) is 0 Å². The van der Waals surface area contributed by atoms with E-state index in [1.165, 1.54) is 0 Å².